The summed E-state index contributed by atoms with van der Waals surface area (Å²) in [7, 11) is 0. The Labute approximate surface area is 226 Å². The average molecular weight is 534 g/mol. The second kappa shape index (κ2) is 13.6. The average Bonchev–Trinajstić information content (AvgIpc) is 2.89. The van der Waals surface area contributed by atoms with Gasteiger partial charge in [0.05, 0.1) is 17.4 Å². The van der Waals surface area contributed by atoms with Gasteiger partial charge in [0.25, 0.3) is 0 Å². The Balaban J connectivity index is 1.80. The molecule has 10 heteroatoms. The third kappa shape index (κ3) is 8.89. The van der Waals surface area contributed by atoms with Gasteiger partial charge in [-0.3, -0.25) is 10.1 Å². The Bertz CT molecular complexity index is 1310. The van der Waals surface area contributed by atoms with Crippen LogP contribution in [0.3, 0.4) is 0 Å². The summed E-state index contributed by atoms with van der Waals surface area (Å²) < 4.78 is 10.4. The Hall–Kier alpha value is -4.86. The molecule has 4 N–H and O–H groups in total. The van der Waals surface area contributed by atoms with Crippen molar-refractivity contribution in [2.75, 3.05) is 10.6 Å². The summed E-state index contributed by atoms with van der Waals surface area (Å²) in [6.07, 6.45) is -1.86. The van der Waals surface area contributed by atoms with Gasteiger partial charge in [-0.1, -0.05) is 60.7 Å². The summed E-state index contributed by atoms with van der Waals surface area (Å²) in [5.41, 5.74) is 2.06. The fraction of sp³-hybridized carbons (Fsp3) is 0.241. The van der Waals surface area contributed by atoms with Gasteiger partial charge in [0.1, 0.15) is 12.6 Å². The fourth-order valence-corrected chi connectivity index (χ4v) is 3.66. The minimum atomic E-state index is -1.26. The van der Waals surface area contributed by atoms with Crippen LogP contribution in [0.25, 0.3) is 0 Å². The number of nitrogens with one attached hydrogen (secondary N) is 3. The van der Waals surface area contributed by atoms with Gasteiger partial charge in [-0.2, -0.15) is 0 Å². The number of aryl methyl sites for hydroxylation is 1. The van der Waals surface area contributed by atoms with Crippen molar-refractivity contribution in [2.45, 2.75) is 45.9 Å². The zero-order valence-electron chi connectivity index (χ0n) is 21.9. The van der Waals surface area contributed by atoms with Crippen molar-refractivity contribution in [2.24, 2.45) is 0 Å². The molecule has 0 unspecified atom stereocenters. The number of anilines is 2. The van der Waals surface area contributed by atoms with E-state index in [-0.39, 0.29) is 30.0 Å². The van der Waals surface area contributed by atoms with E-state index in [0.29, 0.717) is 5.56 Å². The van der Waals surface area contributed by atoms with Crippen molar-refractivity contribution in [3.05, 3.63) is 95.1 Å². The van der Waals surface area contributed by atoms with Gasteiger partial charge in [-0.05, 0) is 49.6 Å². The summed E-state index contributed by atoms with van der Waals surface area (Å²) in [5, 5.41) is 17.4. The highest BCUT2D eigenvalue weighted by Crippen LogP contribution is 2.26. The minimum absolute atomic E-state index is 0.0314. The quantitative estimate of drug-likeness (QED) is 0.283. The predicted molar refractivity (Wildman–Crippen MR) is 146 cm³/mol. The van der Waals surface area contributed by atoms with Crippen LogP contribution in [0.15, 0.2) is 72.8 Å². The van der Waals surface area contributed by atoms with E-state index in [4.69, 9.17) is 9.47 Å². The Morgan fingerprint density at radius 2 is 1.44 bits per heavy atom. The Morgan fingerprint density at radius 3 is 2.03 bits per heavy atom. The molecule has 0 aliphatic heterocycles. The topological polar surface area (TPSA) is 143 Å². The molecule has 3 amide bonds. The first kappa shape index (κ1) is 28.7. The summed E-state index contributed by atoms with van der Waals surface area (Å²) in [5.74, 6) is -1.82. The van der Waals surface area contributed by atoms with Gasteiger partial charge in [0.15, 0.2) is 0 Å². The number of aromatic carboxylic acids is 1. The van der Waals surface area contributed by atoms with E-state index < -0.39 is 36.2 Å². The molecule has 3 aromatic carbocycles. The first-order valence-corrected chi connectivity index (χ1v) is 12.3. The lowest BCUT2D eigenvalue weighted by Crippen LogP contribution is -2.45. The summed E-state index contributed by atoms with van der Waals surface area (Å²) in [6.45, 7) is 4.96. The molecule has 0 aromatic heterocycles. The first-order chi connectivity index (χ1) is 18.6. The van der Waals surface area contributed by atoms with Crippen molar-refractivity contribution in [1.29, 1.82) is 0 Å². The summed E-state index contributed by atoms with van der Waals surface area (Å²) in [6, 6.07) is 19.9. The van der Waals surface area contributed by atoms with Gasteiger partial charge in [0, 0.05) is 12.1 Å². The van der Waals surface area contributed by atoms with Gasteiger partial charge >= 0.3 is 18.2 Å². The maximum atomic E-state index is 13.4. The highest BCUT2D eigenvalue weighted by molar-refractivity contribution is 6.03. The molecule has 1 atom stereocenters. The van der Waals surface area contributed by atoms with E-state index in [2.05, 4.69) is 16.0 Å². The zero-order valence-corrected chi connectivity index (χ0v) is 21.9. The first-order valence-electron chi connectivity index (χ1n) is 12.3. The normalized spacial score (nSPS) is 11.3. The number of carboxylic acid groups (broad SMARTS) is 1. The van der Waals surface area contributed by atoms with Gasteiger partial charge in [0.2, 0.25) is 5.91 Å². The van der Waals surface area contributed by atoms with Crippen molar-refractivity contribution < 1.29 is 33.8 Å². The lowest BCUT2D eigenvalue weighted by Gasteiger charge is -2.20. The highest BCUT2D eigenvalue weighted by Gasteiger charge is 2.24. The number of ether oxygens (including phenoxy) is 2. The molecule has 10 nitrogen and oxygen atoms in total. The molecule has 0 aliphatic rings. The molecule has 0 bridgehead atoms. The Kier molecular flexibility index (Phi) is 10.0. The number of rotatable bonds is 10. The molecular formula is C29H31N3O7. The lowest BCUT2D eigenvalue weighted by atomic mass is 10.0. The molecule has 39 heavy (non-hydrogen) atoms. The molecule has 3 aromatic rings. The van der Waals surface area contributed by atoms with Crippen LogP contribution in [0.5, 0.6) is 0 Å². The van der Waals surface area contributed by atoms with E-state index in [1.54, 1.807) is 20.8 Å². The van der Waals surface area contributed by atoms with Crippen molar-refractivity contribution in [3.8, 4) is 0 Å². The number of hydrogen-bond acceptors (Lipinski definition) is 6. The number of carbonyl (C=O) groups excluding carboxylic acids is 3. The molecule has 0 saturated carbocycles. The lowest BCUT2D eigenvalue weighted by molar-refractivity contribution is -0.118. The van der Waals surface area contributed by atoms with E-state index in [1.165, 1.54) is 12.1 Å². The molecular weight excluding hydrogens is 502 g/mol. The smallest absolute Gasteiger partial charge is 0.411 e. The SMILES string of the molecule is Cc1cc(C(=O)O)c(NC(=O)OC(C)C)cc1NC(=O)[C@H](Cc1ccccc1)NC(=O)OCc1ccccc1. The monoisotopic (exact) mass is 533 g/mol. The largest absolute Gasteiger partial charge is 0.478 e. The van der Waals surface area contributed by atoms with Crippen molar-refractivity contribution in [3.63, 3.8) is 0 Å². The van der Waals surface area contributed by atoms with Crippen LogP contribution >= 0.6 is 0 Å². The number of hydrogen-bond donors (Lipinski definition) is 4. The fourth-order valence-electron chi connectivity index (χ4n) is 3.66. The predicted octanol–water partition coefficient (Wildman–Crippen LogP) is 5.13. The molecule has 0 radical (unpaired) electrons. The minimum Gasteiger partial charge on any atom is -0.478 e. The number of alkyl carbamates (subject to hydrolysis) is 1. The van der Waals surface area contributed by atoms with E-state index in [9.17, 15) is 24.3 Å². The van der Waals surface area contributed by atoms with Crippen LogP contribution in [-0.4, -0.2) is 41.3 Å². The molecule has 3 rings (SSSR count). The Morgan fingerprint density at radius 1 is 0.821 bits per heavy atom. The number of carboxylic acids is 1. The standard InChI is InChI=1S/C29H31N3O7/c1-18(2)39-29(37)31-24-16-23(19(3)14-22(24)27(34)35)30-26(33)25(15-20-10-6-4-7-11-20)32-28(36)38-17-21-12-8-5-9-13-21/h4-14,16,18,25H,15,17H2,1-3H3,(H,30,33)(H,31,37)(H,32,36)(H,34,35)/t25-/m0/s1. The second-order valence-corrected chi connectivity index (χ2v) is 9.03. The van der Waals surface area contributed by atoms with Crippen LogP contribution in [0.2, 0.25) is 0 Å². The summed E-state index contributed by atoms with van der Waals surface area (Å²) in [4.78, 5) is 49.9. The molecule has 0 saturated heterocycles. The third-order valence-corrected chi connectivity index (χ3v) is 5.54. The van der Waals surface area contributed by atoms with Crippen LogP contribution in [0.1, 0.15) is 40.9 Å². The van der Waals surface area contributed by atoms with Crippen LogP contribution in [0, 0.1) is 6.92 Å². The third-order valence-electron chi connectivity index (χ3n) is 5.54. The second-order valence-electron chi connectivity index (χ2n) is 9.03. The van der Waals surface area contributed by atoms with Gasteiger partial charge in [-0.25, -0.2) is 14.4 Å². The number of carbonyl (C=O) groups is 4. The van der Waals surface area contributed by atoms with E-state index in [1.807, 2.05) is 60.7 Å². The van der Waals surface area contributed by atoms with Crippen LogP contribution in [0.4, 0.5) is 21.0 Å². The highest BCUT2D eigenvalue weighted by atomic mass is 16.6. The molecule has 0 aliphatic carbocycles. The van der Waals surface area contributed by atoms with Crippen molar-refractivity contribution >= 4 is 35.4 Å². The van der Waals surface area contributed by atoms with E-state index in [0.717, 1.165) is 11.1 Å². The summed E-state index contributed by atoms with van der Waals surface area (Å²) >= 11 is 0. The number of benzene rings is 3. The van der Waals surface area contributed by atoms with Crippen LogP contribution < -0.4 is 16.0 Å². The molecule has 0 heterocycles. The maximum absolute atomic E-state index is 13.4. The van der Waals surface area contributed by atoms with Crippen molar-refractivity contribution in [1.82, 2.24) is 5.32 Å². The van der Waals surface area contributed by atoms with Crippen LogP contribution in [-0.2, 0) is 27.3 Å². The van der Waals surface area contributed by atoms with Gasteiger partial charge < -0.3 is 25.2 Å². The number of amides is 3. The molecule has 0 spiro atoms. The van der Waals surface area contributed by atoms with Gasteiger partial charge in [-0.15, -0.1) is 0 Å². The zero-order chi connectivity index (χ0) is 28.4. The molecule has 0 fully saturated rings. The maximum Gasteiger partial charge on any atom is 0.411 e. The molecule has 204 valence electrons. The van der Waals surface area contributed by atoms with E-state index >= 15 is 0 Å².